The number of carbonyl (C=O) groups excluding carboxylic acids is 1. The van der Waals surface area contributed by atoms with E-state index in [9.17, 15) is 4.79 Å². The second-order valence-electron chi connectivity index (χ2n) is 6.73. The van der Waals surface area contributed by atoms with Gasteiger partial charge in [0.2, 0.25) is 0 Å². The molecule has 6 heteroatoms. The van der Waals surface area contributed by atoms with Gasteiger partial charge in [0, 0.05) is 22.8 Å². The molecular formula is C24H21N3O2S. The molecule has 2 heterocycles. The summed E-state index contributed by atoms with van der Waals surface area (Å²) in [5.41, 5.74) is 4.15. The molecule has 0 unspecified atom stereocenters. The molecule has 4 rings (SSSR count). The van der Waals surface area contributed by atoms with E-state index in [0.29, 0.717) is 12.3 Å². The predicted octanol–water partition coefficient (Wildman–Crippen LogP) is 4.88. The molecule has 30 heavy (non-hydrogen) atoms. The lowest BCUT2D eigenvalue weighted by molar-refractivity contribution is -0.123. The lowest BCUT2D eigenvalue weighted by atomic mass is 10.1. The Hall–Kier alpha value is -3.51. The van der Waals surface area contributed by atoms with Crippen molar-refractivity contribution in [2.75, 3.05) is 6.61 Å². The highest BCUT2D eigenvalue weighted by Gasteiger charge is 2.11. The molecule has 0 saturated carbocycles. The van der Waals surface area contributed by atoms with Gasteiger partial charge < -0.3 is 10.1 Å². The van der Waals surface area contributed by atoms with Gasteiger partial charge in [-0.25, -0.2) is 4.98 Å². The summed E-state index contributed by atoms with van der Waals surface area (Å²) in [6.07, 6.45) is 3.53. The van der Waals surface area contributed by atoms with Crippen molar-refractivity contribution >= 4 is 17.2 Å². The Bertz CT molecular complexity index is 1110. The minimum Gasteiger partial charge on any atom is -0.484 e. The van der Waals surface area contributed by atoms with Crippen molar-refractivity contribution in [3.8, 4) is 27.4 Å². The highest BCUT2D eigenvalue weighted by Crippen LogP contribution is 2.27. The van der Waals surface area contributed by atoms with Crippen molar-refractivity contribution in [1.82, 2.24) is 15.3 Å². The Kier molecular flexibility index (Phi) is 6.15. The molecule has 0 spiro atoms. The average Bonchev–Trinajstić information content (AvgIpc) is 3.18. The smallest absolute Gasteiger partial charge is 0.258 e. The molecule has 1 amide bonds. The standard InChI is InChI=1S/C24H21N3O2S/c1-17-22(30-24(27-17)20-8-5-13-25-14-20)15-26-23(28)16-29-21-11-9-19(10-12-21)18-6-3-2-4-7-18/h2-14H,15-16H2,1H3,(H,26,28). The molecule has 5 nitrogen and oxygen atoms in total. The van der Waals surface area contributed by atoms with Gasteiger partial charge in [-0.15, -0.1) is 11.3 Å². The summed E-state index contributed by atoms with van der Waals surface area (Å²) in [4.78, 5) is 21.9. The number of carbonyl (C=O) groups is 1. The van der Waals surface area contributed by atoms with E-state index >= 15 is 0 Å². The number of rotatable bonds is 7. The Morgan fingerprint density at radius 1 is 0.967 bits per heavy atom. The lowest BCUT2D eigenvalue weighted by Gasteiger charge is -2.08. The van der Waals surface area contributed by atoms with Crippen LogP contribution in [0.2, 0.25) is 0 Å². The predicted molar refractivity (Wildman–Crippen MR) is 119 cm³/mol. The highest BCUT2D eigenvalue weighted by atomic mass is 32.1. The quantitative estimate of drug-likeness (QED) is 0.467. The van der Waals surface area contributed by atoms with Gasteiger partial charge in [0.25, 0.3) is 5.91 Å². The van der Waals surface area contributed by atoms with Gasteiger partial charge in [0.05, 0.1) is 12.2 Å². The fourth-order valence-electron chi connectivity index (χ4n) is 2.96. The number of benzene rings is 2. The topological polar surface area (TPSA) is 64.1 Å². The van der Waals surface area contributed by atoms with Gasteiger partial charge in [-0.1, -0.05) is 42.5 Å². The van der Waals surface area contributed by atoms with E-state index in [4.69, 9.17) is 4.74 Å². The van der Waals surface area contributed by atoms with Crippen LogP contribution in [0.5, 0.6) is 5.75 Å². The summed E-state index contributed by atoms with van der Waals surface area (Å²) < 4.78 is 5.62. The van der Waals surface area contributed by atoms with Gasteiger partial charge in [0.1, 0.15) is 10.8 Å². The third kappa shape index (κ3) is 4.90. The van der Waals surface area contributed by atoms with Crippen molar-refractivity contribution in [1.29, 1.82) is 0 Å². The molecule has 0 radical (unpaired) electrons. The van der Waals surface area contributed by atoms with E-state index in [0.717, 1.165) is 32.3 Å². The van der Waals surface area contributed by atoms with Crippen molar-refractivity contribution in [3.05, 3.63) is 89.7 Å². The Morgan fingerprint density at radius 3 is 2.43 bits per heavy atom. The first kappa shape index (κ1) is 19.8. The monoisotopic (exact) mass is 415 g/mol. The van der Waals surface area contributed by atoms with Crippen molar-refractivity contribution in [2.24, 2.45) is 0 Å². The second kappa shape index (κ2) is 9.33. The Morgan fingerprint density at radius 2 is 1.70 bits per heavy atom. The van der Waals surface area contributed by atoms with Crippen LogP contribution in [0.1, 0.15) is 10.6 Å². The van der Waals surface area contributed by atoms with Crippen molar-refractivity contribution in [3.63, 3.8) is 0 Å². The Labute approximate surface area is 179 Å². The molecule has 0 atom stereocenters. The molecule has 0 aliphatic rings. The average molecular weight is 416 g/mol. The number of hydrogen-bond donors (Lipinski definition) is 1. The molecule has 0 bridgehead atoms. The van der Waals surface area contributed by atoms with Gasteiger partial charge in [0.15, 0.2) is 6.61 Å². The molecule has 4 aromatic rings. The van der Waals surface area contributed by atoms with Crippen LogP contribution < -0.4 is 10.1 Å². The van der Waals surface area contributed by atoms with Crippen LogP contribution in [0.4, 0.5) is 0 Å². The van der Waals surface area contributed by atoms with Crippen LogP contribution in [0.25, 0.3) is 21.7 Å². The number of amides is 1. The molecule has 0 aliphatic carbocycles. The number of aromatic nitrogens is 2. The number of ether oxygens (including phenoxy) is 1. The number of thiazole rings is 1. The highest BCUT2D eigenvalue weighted by molar-refractivity contribution is 7.15. The minimum atomic E-state index is -0.169. The zero-order valence-electron chi connectivity index (χ0n) is 16.5. The third-order valence-electron chi connectivity index (χ3n) is 4.58. The number of hydrogen-bond acceptors (Lipinski definition) is 5. The molecular weight excluding hydrogens is 394 g/mol. The first-order valence-corrected chi connectivity index (χ1v) is 10.4. The summed E-state index contributed by atoms with van der Waals surface area (Å²) in [5, 5.41) is 3.81. The number of nitrogens with zero attached hydrogens (tertiary/aromatic N) is 2. The van der Waals surface area contributed by atoms with E-state index in [1.54, 1.807) is 23.7 Å². The van der Waals surface area contributed by atoms with Crippen LogP contribution >= 0.6 is 11.3 Å². The normalized spacial score (nSPS) is 10.6. The molecule has 2 aromatic carbocycles. The van der Waals surface area contributed by atoms with E-state index < -0.39 is 0 Å². The van der Waals surface area contributed by atoms with E-state index in [1.807, 2.05) is 61.5 Å². The maximum atomic E-state index is 12.2. The first-order chi connectivity index (χ1) is 14.7. The lowest BCUT2D eigenvalue weighted by Crippen LogP contribution is -2.28. The van der Waals surface area contributed by atoms with Gasteiger partial charge in [-0.2, -0.15) is 0 Å². The zero-order valence-corrected chi connectivity index (χ0v) is 17.4. The zero-order chi connectivity index (χ0) is 20.8. The van der Waals surface area contributed by atoms with Crippen LogP contribution in [-0.2, 0) is 11.3 Å². The van der Waals surface area contributed by atoms with Gasteiger partial charge in [-0.3, -0.25) is 9.78 Å². The summed E-state index contributed by atoms with van der Waals surface area (Å²) in [5.74, 6) is 0.496. The summed E-state index contributed by atoms with van der Waals surface area (Å²) in [6, 6.07) is 21.7. The fraction of sp³-hybridized carbons (Fsp3) is 0.125. The largest absolute Gasteiger partial charge is 0.484 e. The fourth-order valence-corrected chi connectivity index (χ4v) is 3.95. The molecule has 0 fully saturated rings. The van der Waals surface area contributed by atoms with Crippen LogP contribution in [0, 0.1) is 6.92 Å². The molecule has 150 valence electrons. The van der Waals surface area contributed by atoms with E-state index in [-0.39, 0.29) is 12.5 Å². The SMILES string of the molecule is Cc1nc(-c2cccnc2)sc1CNC(=O)COc1ccc(-c2ccccc2)cc1. The summed E-state index contributed by atoms with van der Waals surface area (Å²) >= 11 is 1.56. The number of nitrogens with one attached hydrogen (secondary N) is 1. The van der Waals surface area contributed by atoms with Gasteiger partial charge >= 0.3 is 0 Å². The summed E-state index contributed by atoms with van der Waals surface area (Å²) in [7, 11) is 0. The maximum Gasteiger partial charge on any atom is 0.258 e. The second-order valence-corrected chi connectivity index (χ2v) is 7.81. The number of pyridine rings is 1. The number of aryl methyl sites for hydroxylation is 1. The molecule has 0 aliphatic heterocycles. The molecule has 2 aromatic heterocycles. The molecule has 0 saturated heterocycles. The maximum absolute atomic E-state index is 12.2. The Balaban J connectivity index is 1.29. The van der Waals surface area contributed by atoms with Crippen LogP contribution in [0.3, 0.4) is 0 Å². The summed E-state index contributed by atoms with van der Waals surface area (Å²) in [6.45, 7) is 2.35. The minimum absolute atomic E-state index is 0.0298. The van der Waals surface area contributed by atoms with E-state index in [2.05, 4.69) is 27.4 Å². The van der Waals surface area contributed by atoms with Crippen molar-refractivity contribution in [2.45, 2.75) is 13.5 Å². The third-order valence-corrected chi connectivity index (χ3v) is 5.79. The molecule has 1 N–H and O–H groups in total. The first-order valence-electron chi connectivity index (χ1n) is 9.61. The van der Waals surface area contributed by atoms with Crippen LogP contribution in [-0.4, -0.2) is 22.5 Å². The van der Waals surface area contributed by atoms with Crippen molar-refractivity contribution < 1.29 is 9.53 Å². The van der Waals surface area contributed by atoms with Crippen LogP contribution in [0.15, 0.2) is 79.1 Å². The van der Waals surface area contributed by atoms with Gasteiger partial charge in [-0.05, 0) is 42.3 Å². The van der Waals surface area contributed by atoms with E-state index in [1.165, 1.54) is 0 Å².